The van der Waals surface area contributed by atoms with Crippen LogP contribution < -0.4 is 10.4 Å². The lowest BCUT2D eigenvalue weighted by Gasteiger charge is -2.12. The summed E-state index contributed by atoms with van der Waals surface area (Å²) in [6, 6.07) is 62.5. The molecule has 9 aromatic carbocycles. The SMILES string of the molecule is C=C/C=C(\C=C)n1c2ccc(-c3ccc4c5ccccc5n(-c5ccc6cc(-c7ccc8c(c7)-c7cccc(=C)c7=C8C=C)ccc6c5)c4c3)cc2c2ccc3ccccc3c21. The highest BCUT2D eigenvalue weighted by molar-refractivity contribution is 6.20. The molecule has 2 heterocycles. The molecule has 0 radical (unpaired) electrons. The summed E-state index contributed by atoms with van der Waals surface area (Å²) in [6.07, 6.45) is 7.75. The second kappa shape index (κ2) is 13.7. The summed E-state index contributed by atoms with van der Waals surface area (Å²) >= 11 is 0. The van der Waals surface area contributed by atoms with Crippen LogP contribution in [0.15, 0.2) is 214 Å². The van der Waals surface area contributed by atoms with Gasteiger partial charge in [0, 0.05) is 38.3 Å². The Morgan fingerprint density at radius 2 is 1.15 bits per heavy atom. The van der Waals surface area contributed by atoms with Crippen molar-refractivity contribution >= 4 is 83.0 Å². The molecule has 0 bridgehead atoms. The van der Waals surface area contributed by atoms with Gasteiger partial charge in [-0.05, 0) is 132 Å². The zero-order valence-corrected chi connectivity index (χ0v) is 34.2. The van der Waals surface area contributed by atoms with Gasteiger partial charge in [-0.3, -0.25) is 0 Å². The molecule has 0 aliphatic heterocycles. The van der Waals surface area contributed by atoms with Crippen LogP contribution in [0.4, 0.5) is 0 Å². The number of aromatic nitrogens is 2. The van der Waals surface area contributed by atoms with Gasteiger partial charge in [0.25, 0.3) is 0 Å². The smallest absolute Gasteiger partial charge is 0.0619 e. The highest BCUT2D eigenvalue weighted by Gasteiger charge is 2.21. The van der Waals surface area contributed by atoms with Crippen molar-refractivity contribution in [2.24, 2.45) is 0 Å². The van der Waals surface area contributed by atoms with Crippen LogP contribution in [-0.4, -0.2) is 9.13 Å². The number of rotatable bonds is 7. The minimum absolute atomic E-state index is 0.991. The van der Waals surface area contributed by atoms with Crippen molar-refractivity contribution in [1.29, 1.82) is 0 Å². The first-order valence-corrected chi connectivity index (χ1v) is 21.1. The number of hydrogen-bond donors (Lipinski definition) is 0. The average molecular weight is 789 g/mol. The van der Waals surface area contributed by atoms with Gasteiger partial charge in [0.15, 0.2) is 0 Å². The molecule has 2 aromatic heterocycles. The molecule has 2 nitrogen and oxygen atoms in total. The number of para-hydroxylation sites is 1. The minimum atomic E-state index is 0.991. The van der Waals surface area contributed by atoms with E-state index in [0.717, 1.165) is 27.7 Å². The van der Waals surface area contributed by atoms with Gasteiger partial charge in [-0.15, -0.1) is 0 Å². The van der Waals surface area contributed by atoms with Crippen LogP contribution in [0.1, 0.15) is 5.56 Å². The minimum Gasteiger partial charge on any atom is -0.309 e. The Hall–Kier alpha value is -8.20. The fourth-order valence-corrected chi connectivity index (χ4v) is 10.2. The summed E-state index contributed by atoms with van der Waals surface area (Å²) in [7, 11) is 0. The topological polar surface area (TPSA) is 9.86 Å². The molecule has 11 aromatic rings. The van der Waals surface area contributed by atoms with Gasteiger partial charge in [-0.2, -0.15) is 0 Å². The molecule has 0 amide bonds. The van der Waals surface area contributed by atoms with E-state index >= 15 is 0 Å². The maximum Gasteiger partial charge on any atom is 0.0619 e. The highest BCUT2D eigenvalue weighted by atomic mass is 15.0. The van der Waals surface area contributed by atoms with E-state index in [9.17, 15) is 0 Å². The van der Waals surface area contributed by atoms with E-state index in [2.05, 4.69) is 205 Å². The largest absolute Gasteiger partial charge is 0.309 e. The van der Waals surface area contributed by atoms with E-state index in [1.54, 1.807) is 0 Å². The predicted octanol–water partition coefficient (Wildman–Crippen LogP) is 14.5. The van der Waals surface area contributed by atoms with Crippen LogP contribution >= 0.6 is 0 Å². The van der Waals surface area contributed by atoms with Crippen molar-refractivity contribution in [2.45, 2.75) is 0 Å². The van der Waals surface area contributed by atoms with Crippen molar-refractivity contribution in [3.05, 3.63) is 230 Å². The molecular formula is C60H40N2. The third-order valence-corrected chi connectivity index (χ3v) is 13.1. The zero-order chi connectivity index (χ0) is 41.6. The molecule has 290 valence electrons. The fraction of sp³-hybridized carbons (Fsp3) is 0. The molecule has 0 unspecified atom stereocenters. The van der Waals surface area contributed by atoms with Crippen LogP contribution in [-0.2, 0) is 0 Å². The van der Waals surface area contributed by atoms with E-state index in [-0.39, 0.29) is 0 Å². The Morgan fingerprint density at radius 3 is 2.02 bits per heavy atom. The molecule has 1 aliphatic carbocycles. The van der Waals surface area contributed by atoms with Gasteiger partial charge in [0.2, 0.25) is 0 Å². The first-order chi connectivity index (χ1) is 30.5. The van der Waals surface area contributed by atoms with Crippen LogP contribution in [0, 0.1) is 0 Å². The van der Waals surface area contributed by atoms with Crippen LogP contribution in [0.2, 0.25) is 0 Å². The number of allylic oxidation sites excluding steroid dienone is 5. The molecular weight excluding hydrogens is 749 g/mol. The monoisotopic (exact) mass is 788 g/mol. The van der Waals surface area contributed by atoms with Crippen molar-refractivity contribution < 1.29 is 0 Å². The quantitative estimate of drug-likeness (QED) is 0.142. The van der Waals surface area contributed by atoms with Crippen molar-refractivity contribution in [3.63, 3.8) is 0 Å². The Bertz CT molecular complexity index is 3940. The van der Waals surface area contributed by atoms with E-state index < -0.39 is 0 Å². The number of fused-ring (bicyclic) bond motifs is 12. The molecule has 0 saturated carbocycles. The van der Waals surface area contributed by atoms with E-state index in [4.69, 9.17) is 0 Å². The van der Waals surface area contributed by atoms with Gasteiger partial charge in [0.1, 0.15) is 0 Å². The van der Waals surface area contributed by atoms with Gasteiger partial charge in [-0.25, -0.2) is 0 Å². The summed E-state index contributed by atoms with van der Waals surface area (Å²) in [5, 5.41) is 11.9. The van der Waals surface area contributed by atoms with Crippen LogP contribution in [0.5, 0.6) is 0 Å². The van der Waals surface area contributed by atoms with Crippen molar-refractivity contribution in [3.8, 4) is 39.1 Å². The second-order valence-corrected chi connectivity index (χ2v) is 16.3. The lowest BCUT2D eigenvalue weighted by molar-refractivity contribution is 1.19. The van der Waals surface area contributed by atoms with E-state index in [1.807, 2.05) is 24.3 Å². The summed E-state index contributed by atoms with van der Waals surface area (Å²) in [5.74, 6) is 0. The van der Waals surface area contributed by atoms with Crippen molar-refractivity contribution in [1.82, 2.24) is 9.13 Å². The molecule has 12 rings (SSSR count). The third-order valence-electron chi connectivity index (χ3n) is 13.1. The Kier molecular flexibility index (Phi) is 7.88. The summed E-state index contributed by atoms with van der Waals surface area (Å²) in [5.41, 5.74) is 16.4. The lowest BCUT2D eigenvalue weighted by atomic mass is 9.95. The van der Waals surface area contributed by atoms with Gasteiger partial charge < -0.3 is 9.13 Å². The lowest BCUT2D eigenvalue weighted by Crippen LogP contribution is -2.24. The highest BCUT2D eigenvalue weighted by Crippen LogP contribution is 2.41. The van der Waals surface area contributed by atoms with Gasteiger partial charge in [0.05, 0.1) is 22.1 Å². The molecule has 0 spiro atoms. The van der Waals surface area contributed by atoms with Crippen LogP contribution in [0.3, 0.4) is 0 Å². The molecule has 0 atom stereocenters. The zero-order valence-electron chi connectivity index (χ0n) is 34.2. The second-order valence-electron chi connectivity index (χ2n) is 16.3. The normalized spacial score (nSPS) is 12.5. The van der Waals surface area contributed by atoms with Crippen molar-refractivity contribution in [2.75, 3.05) is 0 Å². The average Bonchev–Trinajstić information content (AvgIpc) is 3.95. The number of nitrogens with zero attached hydrogens (tertiary/aromatic N) is 2. The summed E-state index contributed by atoms with van der Waals surface area (Å²) < 4.78 is 4.76. The number of hydrogen-bond acceptors (Lipinski definition) is 0. The number of benzene rings is 9. The third kappa shape index (κ3) is 5.17. The molecule has 62 heavy (non-hydrogen) atoms. The van der Waals surface area contributed by atoms with Gasteiger partial charge >= 0.3 is 0 Å². The Morgan fingerprint density at radius 1 is 0.452 bits per heavy atom. The molecule has 0 N–H and O–H groups in total. The Balaban J connectivity index is 0.980. The van der Waals surface area contributed by atoms with Crippen LogP contribution in [0.25, 0.3) is 122 Å². The molecule has 2 heteroatoms. The first-order valence-electron chi connectivity index (χ1n) is 21.1. The molecule has 0 saturated heterocycles. The molecule has 0 fully saturated rings. The summed E-state index contributed by atoms with van der Waals surface area (Å²) in [4.78, 5) is 0. The van der Waals surface area contributed by atoms with Gasteiger partial charge in [-0.1, -0.05) is 160 Å². The maximum atomic E-state index is 4.33. The maximum absolute atomic E-state index is 4.33. The fourth-order valence-electron chi connectivity index (χ4n) is 10.2. The Labute approximate surface area is 359 Å². The molecule has 1 aliphatic rings. The van der Waals surface area contributed by atoms with E-state index in [1.165, 1.54) is 104 Å². The standard InChI is InChI=1S/C60H40N2/c1-5-13-45(6-2)62-57-31-26-43(35-55(57)53-30-23-38-15-8-9-16-48(38)60(53)62)44-25-29-51-50-17-10-11-19-56(50)61(58(51)36-44)46-27-22-40-32-39(20-21-41(40)33-46)42-24-28-49-47(7-3)59-37(4)14-12-18-52(59)54(49)34-42/h5-36H,1-4H2/b45-13+. The predicted molar refractivity (Wildman–Crippen MR) is 267 cm³/mol. The summed E-state index contributed by atoms with van der Waals surface area (Å²) in [6.45, 7) is 16.7. The first kappa shape index (κ1) is 35.7. The van der Waals surface area contributed by atoms with E-state index in [0.29, 0.717) is 0 Å².